The van der Waals surface area contributed by atoms with E-state index in [4.69, 9.17) is 24.7 Å². The van der Waals surface area contributed by atoms with Crippen molar-refractivity contribution in [1.82, 2.24) is 0 Å². The second kappa shape index (κ2) is 12.2. The van der Waals surface area contributed by atoms with Crippen LogP contribution in [0, 0.1) is 5.41 Å². The largest absolute Gasteiger partial charge is 0.491 e. The minimum absolute atomic E-state index is 0.0598. The van der Waals surface area contributed by atoms with Crippen molar-refractivity contribution in [2.45, 2.75) is 20.0 Å². The molecule has 3 aromatic rings. The number of carbonyl (C=O) groups is 2. The summed E-state index contributed by atoms with van der Waals surface area (Å²) in [7, 11) is 0. The van der Waals surface area contributed by atoms with Crippen molar-refractivity contribution in [3.8, 4) is 17.2 Å². The van der Waals surface area contributed by atoms with Crippen molar-refractivity contribution in [3.63, 3.8) is 0 Å². The molecule has 2 amide bonds. The molecule has 0 bridgehead atoms. The molecule has 0 unspecified atom stereocenters. The molecule has 0 spiro atoms. The van der Waals surface area contributed by atoms with E-state index in [1.807, 2.05) is 13.8 Å². The molecule has 3 aromatic carbocycles. The number of ether oxygens (including phenoxy) is 4. The second-order valence-electron chi connectivity index (χ2n) is 9.32. The average molecular weight is 534 g/mol. The standard InChI is InChI=1S/C29H31N3O7/c1-29(2,14-13-26(34)32-22-9-5-4-8-21(22)30)27(20-7-3-6-10-23(20)36-16-15-33)39-28(35)31-19-11-12-24-25(17-19)38-18-37-24/h3-14,17,27,33H,15-16,18,30H2,1-2H3,(H,31,35)(H,32,34)/b14-13+/t27-/m0/s1. The van der Waals surface area contributed by atoms with Gasteiger partial charge in [0.2, 0.25) is 12.7 Å². The number of amides is 2. The van der Waals surface area contributed by atoms with E-state index >= 15 is 0 Å². The second-order valence-corrected chi connectivity index (χ2v) is 9.32. The van der Waals surface area contributed by atoms with Crippen LogP contribution in [0.2, 0.25) is 0 Å². The number of hydrogen-bond acceptors (Lipinski definition) is 8. The zero-order valence-corrected chi connectivity index (χ0v) is 21.7. The van der Waals surface area contributed by atoms with Gasteiger partial charge < -0.3 is 35.1 Å². The fourth-order valence-electron chi connectivity index (χ4n) is 3.99. The fraction of sp³-hybridized carbons (Fsp3) is 0.241. The van der Waals surface area contributed by atoms with Gasteiger partial charge in [-0.1, -0.05) is 50.3 Å². The summed E-state index contributed by atoms with van der Waals surface area (Å²) in [4.78, 5) is 25.8. The van der Waals surface area contributed by atoms with Gasteiger partial charge in [-0.25, -0.2) is 4.79 Å². The Morgan fingerprint density at radius 1 is 1.05 bits per heavy atom. The lowest BCUT2D eigenvalue weighted by Gasteiger charge is -2.32. The first kappa shape index (κ1) is 27.3. The molecule has 1 atom stereocenters. The summed E-state index contributed by atoms with van der Waals surface area (Å²) in [6.45, 7) is 3.64. The molecule has 5 N–H and O–H groups in total. The van der Waals surface area contributed by atoms with Crippen LogP contribution in [0.15, 0.2) is 78.9 Å². The highest BCUT2D eigenvalue weighted by Gasteiger charge is 2.35. The number of aliphatic hydroxyl groups excluding tert-OH is 1. The monoisotopic (exact) mass is 533 g/mol. The van der Waals surface area contributed by atoms with E-state index in [0.717, 1.165) is 0 Å². The lowest BCUT2D eigenvalue weighted by Crippen LogP contribution is -2.28. The van der Waals surface area contributed by atoms with E-state index in [2.05, 4.69) is 10.6 Å². The van der Waals surface area contributed by atoms with Gasteiger partial charge in [-0.3, -0.25) is 10.1 Å². The Kier molecular flexibility index (Phi) is 8.57. The van der Waals surface area contributed by atoms with Gasteiger partial charge in [0.25, 0.3) is 0 Å². The number of anilines is 3. The molecule has 204 valence electrons. The van der Waals surface area contributed by atoms with E-state index in [0.29, 0.717) is 39.9 Å². The average Bonchev–Trinajstić information content (AvgIpc) is 3.39. The van der Waals surface area contributed by atoms with Crippen LogP contribution in [-0.4, -0.2) is 37.1 Å². The van der Waals surface area contributed by atoms with Crippen LogP contribution in [0.1, 0.15) is 25.5 Å². The third-order valence-corrected chi connectivity index (χ3v) is 5.95. The molecule has 0 aromatic heterocycles. The first-order valence-corrected chi connectivity index (χ1v) is 12.3. The van der Waals surface area contributed by atoms with E-state index in [1.54, 1.807) is 72.8 Å². The SMILES string of the molecule is CC(C)(/C=C/C(=O)Nc1ccccc1N)[C@@H](OC(=O)Nc1ccc2c(c1)OCO2)c1ccccc1OCCO. The first-order chi connectivity index (χ1) is 18.8. The lowest BCUT2D eigenvalue weighted by atomic mass is 9.81. The Balaban J connectivity index is 1.57. The highest BCUT2D eigenvalue weighted by atomic mass is 16.7. The van der Waals surface area contributed by atoms with Crippen LogP contribution < -0.4 is 30.6 Å². The van der Waals surface area contributed by atoms with Crippen LogP contribution in [0.25, 0.3) is 0 Å². The van der Waals surface area contributed by atoms with E-state index < -0.39 is 23.5 Å². The summed E-state index contributed by atoms with van der Waals surface area (Å²) in [6, 6.07) is 19.0. The topological polar surface area (TPSA) is 141 Å². The van der Waals surface area contributed by atoms with Crippen LogP contribution in [0.5, 0.6) is 17.2 Å². The Bertz CT molecular complexity index is 1360. The molecular weight excluding hydrogens is 502 g/mol. The van der Waals surface area contributed by atoms with Crippen molar-refractivity contribution in [2.75, 3.05) is 36.4 Å². The van der Waals surface area contributed by atoms with Crippen molar-refractivity contribution in [2.24, 2.45) is 5.41 Å². The van der Waals surface area contributed by atoms with Gasteiger partial charge in [0.15, 0.2) is 11.5 Å². The zero-order chi connectivity index (χ0) is 27.8. The lowest BCUT2D eigenvalue weighted by molar-refractivity contribution is -0.112. The maximum Gasteiger partial charge on any atom is 0.412 e. The smallest absolute Gasteiger partial charge is 0.412 e. The highest BCUT2D eigenvalue weighted by molar-refractivity contribution is 6.01. The number of hydrogen-bond donors (Lipinski definition) is 4. The number of para-hydroxylation sites is 3. The number of carbonyl (C=O) groups excluding carboxylic acids is 2. The van der Waals surface area contributed by atoms with Crippen LogP contribution in [0.3, 0.4) is 0 Å². The Hall–Kier alpha value is -4.70. The van der Waals surface area contributed by atoms with Crippen molar-refractivity contribution in [3.05, 3.63) is 84.4 Å². The number of nitrogen functional groups attached to an aromatic ring is 1. The molecule has 1 heterocycles. The third-order valence-electron chi connectivity index (χ3n) is 5.95. The van der Waals surface area contributed by atoms with E-state index in [1.165, 1.54) is 6.08 Å². The van der Waals surface area contributed by atoms with Crippen molar-refractivity contribution in [1.29, 1.82) is 0 Å². The summed E-state index contributed by atoms with van der Waals surface area (Å²) in [5.74, 6) is 1.15. The van der Waals surface area contributed by atoms with E-state index in [9.17, 15) is 14.7 Å². The molecule has 0 fully saturated rings. The Morgan fingerprint density at radius 3 is 2.59 bits per heavy atom. The quantitative estimate of drug-likeness (QED) is 0.213. The molecule has 4 rings (SSSR count). The molecule has 0 aliphatic carbocycles. The summed E-state index contributed by atoms with van der Waals surface area (Å²) in [5, 5.41) is 14.7. The minimum Gasteiger partial charge on any atom is -0.491 e. The number of aliphatic hydroxyl groups is 1. The van der Waals surface area contributed by atoms with Gasteiger partial charge in [0, 0.05) is 22.7 Å². The maximum atomic E-state index is 13.1. The van der Waals surface area contributed by atoms with Gasteiger partial charge in [0.05, 0.1) is 18.0 Å². The number of rotatable bonds is 10. The predicted octanol–water partition coefficient (Wildman–Crippen LogP) is 4.88. The van der Waals surface area contributed by atoms with Gasteiger partial charge in [-0.15, -0.1) is 0 Å². The molecule has 0 saturated carbocycles. The van der Waals surface area contributed by atoms with E-state index in [-0.39, 0.29) is 20.0 Å². The molecule has 10 heteroatoms. The van der Waals surface area contributed by atoms with Gasteiger partial charge >= 0.3 is 6.09 Å². The number of benzene rings is 3. The highest BCUT2D eigenvalue weighted by Crippen LogP contribution is 2.42. The first-order valence-electron chi connectivity index (χ1n) is 12.3. The van der Waals surface area contributed by atoms with Crippen LogP contribution in [0.4, 0.5) is 21.9 Å². The summed E-state index contributed by atoms with van der Waals surface area (Å²) in [6.07, 6.45) is 1.42. The Labute approximate surface area is 226 Å². The molecule has 0 saturated heterocycles. The van der Waals surface area contributed by atoms with Gasteiger partial charge in [0.1, 0.15) is 18.5 Å². The minimum atomic E-state index is -0.884. The molecule has 10 nitrogen and oxygen atoms in total. The fourth-order valence-corrected chi connectivity index (χ4v) is 3.99. The van der Waals surface area contributed by atoms with Gasteiger partial charge in [-0.05, 0) is 36.4 Å². The molecular formula is C29H31N3O7. The van der Waals surface area contributed by atoms with Crippen LogP contribution >= 0.6 is 0 Å². The number of fused-ring (bicyclic) bond motifs is 1. The zero-order valence-electron chi connectivity index (χ0n) is 21.7. The molecule has 1 aliphatic heterocycles. The Morgan fingerprint density at radius 2 is 1.79 bits per heavy atom. The third kappa shape index (κ3) is 6.99. The summed E-state index contributed by atoms with van der Waals surface area (Å²) in [5.41, 5.74) is 7.00. The molecule has 1 aliphatic rings. The summed E-state index contributed by atoms with van der Waals surface area (Å²) >= 11 is 0. The number of nitrogens with two attached hydrogens (primary N) is 1. The summed E-state index contributed by atoms with van der Waals surface area (Å²) < 4.78 is 22.4. The number of nitrogens with one attached hydrogen (secondary N) is 2. The molecule has 39 heavy (non-hydrogen) atoms. The van der Waals surface area contributed by atoms with Gasteiger partial charge in [-0.2, -0.15) is 0 Å². The van der Waals surface area contributed by atoms with Crippen LogP contribution in [-0.2, 0) is 9.53 Å². The normalized spacial score (nSPS) is 13.1. The molecule has 0 radical (unpaired) electrons. The maximum absolute atomic E-state index is 13.1. The van der Waals surface area contributed by atoms with Crippen molar-refractivity contribution < 1.29 is 33.6 Å². The van der Waals surface area contributed by atoms with Crippen molar-refractivity contribution >= 4 is 29.1 Å². The predicted molar refractivity (Wildman–Crippen MR) is 147 cm³/mol.